The molecule has 0 saturated heterocycles. The minimum Gasteiger partial charge on any atom is -0.464 e. The average Bonchev–Trinajstić information content (AvgIpc) is 2.81. The summed E-state index contributed by atoms with van der Waals surface area (Å²) < 4.78 is 5.29. The van der Waals surface area contributed by atoms with E-state index >= 15 is 0 Å². The zero-order valence-electron chi connectivity index (χ0n) is 20.2. The Morgan fingerprint density at radius 2 is 1.71 bits per heavy atom. The largest absolute Gasteiger partial charge is 0.464 e. The fraction of sp³-hybridized carbons (Fsp3) is 0.385. The van der Waals surface area contributed by atoms with Crippen LogP contribution in [0.2, 0.25) is 10.0 Å². The van der Waals surface area contributed by atoms with Crippen molar-refractivity contribution in [2.24, 2.45) is 5.41 Å². The molecule has 1 heterocycles. The molecule has 0 radical (unpaired) electrons. The van der Waals surface area contributed by atoms with Crippen LogP contribution in [0.3, 0.4) is 0 Å². The third-order valence-corrected chi connectivity index (χ3v) is 6.46. The van der Waals surface area contributed by atoms with Gasteiger partial charge in [0.05, 0.1) is 27.6 Å². The number of carbonyl (C=O) groups is 3. The highest BCUT2D eigenvalue weighted by molar-refractivity contribution is 6.40. The van der Waals surface area contributed by atoms with Gasteiger partial charge in [0.15, 0.2) is 5.78 Å². The zero-order chi connectivity index (χ0) is 25.8. The van der Waals surface area contributed by atoms with Crippen LogP contribution in [0.4, 0.5) is 5.69 Å². The van der Waals surface area contributed by atoms with Crippen molar-refractivity contribution < 1.29 is 19.1 Å². The Labute approximate surface area is 215 Å². The molecule has 0 aliphatic heterocycles. The van der Waals surface area contributed by atoms with Gasteiger partial charge in [0, 0.05) is 35.8 Å². The minimum atomic E-state index is -0.654. The number of rotatable bonds is 10. The third-order valence-electron chi connectivity index (χ3n) is 5.89. The third kappa shape index (κ3) is 5.85. The number of carbonyl (C=O) groups excluding carboxylic acids is 3. The number of ether oxygens (including phenoxy) is 1. The van der Waals surface area contributed by atoms with Crippen LogP contribution < -0.4 is 10.6 Å². The van der Waals surface area contributed by atoms with Gasteiger partial charge in [-0.15, -0.1) is 0 Å². The van der Waals surface area contributed by atoms with E-state index in [1.807, 2.05) is 32.9 Å². The van der Waals surface area contributed by atoms with Gasteiger partial charge >= 0.3 is 5.97 Å². The summed E-state index contributed by atoms with van der Waals surface area (Å²) in [4.78, 5) is 41.7. The fourth-order valence-corrected chi connectivity index (χ4v) is 4.60. The second-order valence-electron chi connectivity index (χ2n) is 8.84. The predicted octanol–water partition coefficient (Wildman–Crippen LogP) is 5.37. The smallest absolute Gasteiger partial charge is 0.328 e. The molecule has 1 aliphatic carbocycles. The van der Waals surface area contributed by atoms with Crippen LogP contribution in [0.15, 0.2) is 47.9 Å². The van der Waals surface area contributed by atoms with Gasteiger partial charge in [0.2, 0.25) is 0 Å². The fourth-order valence-electron chi connectivity index (χ4n) is 4.07. The first-order valence-electron chi connectivity index (χ1n) is 11.5. The quantitative estimate of drug-likeness (QED) is 0.411. The summed E-state index contributed by atoms with van der Waals surface area (Å²) in [6.45, 7) is 7.75. The molecule has 1 aliphatic rings. The summed E-state index contributed by atoms with van der Waals surface area (Å²) in [7, 11) is 0. The number of Topliss-reactive ketones (excluding diaryl/α,β-unsaturated/α-hetero) is 1. The van der Waals surface area contributed by atoms with E-state index in [1.165, 1.54) is 12.4 Å². The molecule has 1 aromatic carbocycles. The van der Waals surface area contributed by atoms with Gasteiger partial charge in [0.25, 0.3) is 5.91 Å². The highest BCUT2D eigenvalue weighted by atomic mass is 35.5. The number of nitrogens with one attached hydrogen (secondary N) is 2. The van der Waals surface area contributed by atoms with Gasteiger partial charge in [-0.05, 0) is 44.9 Å². The summed E-state index contributed by atoms with van der Waals surface area (Å²) in [5.41, 5.74) is 2.44. The van der Waals surface area contributed by atoms with Crippen LogP contribution in [0, 0.1) is 5.41 Å². The van der Waals surface area contributed by atoms with Gasteiger partial charge in [0.1, 0.15) is 6.04 Å². The molecule has 35 heavy (non-hydrogen) atoms. The Bertz CT molecular complexity index is 1140. The van der Waals surface area contributed by atoms with Crippen molar-refractivity contribution in [1.82, 2.24) is 10.3 Å². The number of halogens is 2. The number of pyridine rings is 1. The van der Waals surface area contributed by atoms with Crippen LogP contribution in [0.25, 0.3) is 0 Å². The van der Waals surface area contributed by atoms with Crippen molar-refractivity contribution in [2.75, 3.05) is 11.9 Å². The number of ketones is 1. The van der Waals surface area contributed by atoms with Gasteiger partial charge in [-0.3, -0.25) is 14.6 Å². The number of hydrogen-bond acceptors (Lipinski definition) is 6. The second-order valence-corrected chi connectivity index (χ2v) is 9.65. The van der Waals surface area contributed by atoms with Gasteiger partial charge in [-0.1, -0.05) is 48.7 Å². The Morgan fingerprint density at radius 1 is 1.09 bits per heavy atom. The standard InChI is InChI=1S/C26H29Cl2N3O4/c1-5-7-17-22(26(3,4)23(17)32)31-20(25(34)35-6-2)12-15-8-10-16(11-9-15)30-24(33)21-18(27)13-29-14-19(21)28/h8-11,13-14,20,31H,5-7,12H2,1-4H3,(H,30,33)/t20-/m0/s1. The normalized spacial score (nSPS) is 15.3. The number of anilines is 1. The van der Waals surface area contributed by atoms with Crippen molar-refractivity contribution in [3.8, 4) is 0 Å². The SMILES string of the molecule is CCCC1=C(N[C@@H](Cc2ccc(NC(=O)c3c(Cl)cncc3Cl)cc2)C(=O)OCC)C(C)(C)C1=O. The van der Waals surface area contributed by atoms with Crippen molar-refractivity contribution in [2.45, 2.75) is 53.0 Å². The number of esters is 1. The molecule has 0 bridgehead atoms. The Kier molecular flexibility index (Phi) is 8.56. The summed E-state index contributed by atoms with van der Waals surface area (Å²) in [5, 5.41) is 6.38. The Hall–Kier alpha value is -2.90. The summed E-state index contributed by atoms with van der Waals surface area (Å²) in [6.07, 6.45) is 4.57. The molecule has 1 amide bonds. The molecule has 2 N–H and O–H groups in total. The van der Waals surface area contributed by atoms with Gasteiger partial charge in [-0.2, -0.15) is 0 Å². The predicted molar refractivity (Wildman–Crippen MR) is 137 cm³/mol. The molecule has 9 heteroatoms. The van der Waals surface area contributed by atoms with Gasteiger partial charge < -0.3 is 15.4 Å². The van der Waals surface area contributed by atoms with E-state index in [1.54, 1.807) is 19.1 Å². The summed E-state index contributed by atoms with van der Waals surface area (Å²) in [6, 6.07) is 6.45. The van der Waals surface area contributed by atoms with E-state index in [0.717, 1.165) is 23.3 Å². The van der Waals surface area contributed by atoms with E-state index < -0.39 is 17.4 Å². The lowest BCUT2D eigenvalue weighted by Crippen LogP contribution is -2.51. The lowest BCUT2D eigenvalue weighted by atomic mass is 9.67. The average molecular weight is 518 g/mol. The second kappa shape index (κ2) is 11.2. The lowest BCUT2D eigenvalue weighted by molar-refractivity contribution is -0.145. The van der Waals surface area contributed by atoms with Gasteiger partial charge in [-0.25, -0.2) is 4.79 Å². The number of amides is 1. The minimum absolute atomic E-state index is 0.110. The molecule has 0 saturated carbocycles. The molecule has 0 spiro atoms. The Morgan fingerprint density at radius 3 is 2.29 bits per heavy atom. The molecule has 186 valence electrons. The number of aromatic nitrogens is 1. The topological polar surface area (TPSA) is 97.4 Å². The van der Waals surface area contributed by atoms with Crippen LogP contribution in [-0.4, -0.2) is 35.3 Å². The summed E-state index contributed by atoms with van der Waals surface area (Å²) >= 11 is 12.1. The molecule has 1 atom stereocenters. The number of benzene rings is 1. The molecule has 0 unspecified atom stereocenters. The molecule has 1 aromatic heterocycles. The van der Waals surface area contributed by atoms with E-state index in [-0.39, 0.29) is 34.0 Å². The van der Waals surface area contributed by atoms with Crippen molar-refractivity contribution in [3.63, 3.8) is 0 Å². The first-order chi connectivity index (χ1) is 16.6. The molecule has 7 nitrogen and oxygen atoms in total. The molecule has 2 aromatic rings. The summed E-state index contributed by atoms with van der Waals surface area (Å²) in [5.74, 6) is -0.724. The van der Waals surface area contributed by atoms with Crippen LogP contribution >= 0.6 is 23.2 Å². The maximum absolute atomic E-state index is 12.7. The van der Waals surface area contributed by atoms with Crippen LogP contribution in [0.5, 0.6) is 0 Å². The van der Waals surface area contributed by atoms with E-state index in [0.29, 0.717) is 18.5 Å². The number of hydrogen-bond donors (Lipinski definition) is 2. The highest BCUT2D eigenvalue weighted by Crippen LogP contribution is 2.43. The first-order valence-corrected chi connectivity index (χ1v) is 12.3. The maximum Gasteiger partial charge on any atom is 0.328 e. The molecular formula is C26H29Cl2N3O4. The highest BCUT2D eigenvalue weighted by Gasteiger charge is 2.46. The first kappa shape index (κ1) is 26.7. The Balaban J connectivity index is 1.76. The molecule has 3 rings (SSSR count). The van der Waals surface area contributed by atoms with E-state index in [4.69, 9.17) is 27.9 Å². The lowest BCUT2D eigenvalue weighted by Gasteiger charge is -2.41. The van der Waals surface area contributed by atoms with Crippen LogP contribution in [0.1, 0.15) is 56.5 Å². The van der Waals surface area contributed by atoms with Crippen molar-refractivity contribution in [1.29, 1.82) is 0 Å². The number of allylic oxidation sites excluding steroid dienone is 2. The van der Waals surface area contributed by atoms with Crippen molar-refractivity contribution >= 4 is 46.5 Å². The van der Waals surface area contributed by atoms with Crippen LogP contribution in [-0.2, 0) is 20.7 Å². The molecule has 0 fully saturated rings. The van der Waals surface area contributed by atoms with Crippen molar-refractivity contribution in [3.05, 3.63) is 69.1 Å². The van der Waals surface area contributed by atoms with E-state index in [2.05, 4.69) is 15.6 Å². The zero-order valence-corrected chi connectivity index (χ0v) is 21.7. The number of nitrogens with zero attached hydrogens (tertiary/aromatic N) is 1. The molecular weight excluding hydrogens is 489 g/mol. The monoisotopic (exact) mass is 517 g/mol. The maximum atomic E-state index is 12.7. The van der Waals surface area contributed by atoms with E-state index in [9.17, 15) is 14.4 Å².